The second-order valence-electron chi connectivity index (χ2n) is 6.28. The molecular formula is C17H28IN5O. The van der Waals surface area contributed by atoms with Crippen LogP contribution in [0.15, 0.2) is 23.3 Å². The first kappa shape index (κ1) is 19.2. The molecule has 0 unspecified atom stereocenters. The van der Waals surface area contributed by atoms with E-state index in [1.54, 1.807) is 0 Å². The van der Waals surface area contributed by atoms with E-state index < -0.39 is 0 Å². The maximum atomic E-state index is 9.70. The van der Waals surface area contributed by atoms with Crippen LogP contribution in [-0.2, 0) is 6.54 Å². The number of β-amino-alcohol motifs (C(OH)–C–C–N with tert-alkyl or cyclic N) is 1. The summed E-state index contributed by atoms with van der Waals surface area (Å²) in [5.74, 6) is 1.96. The van der Waals surface area contributed by atoms with E-state index in [0.29, 0.717) is 13.1 Å². The minimum absolute atomic E-state index is 0. The summed E-state index contributed by atoms with van der Waals surface area (Å²) in [5.41, 5.74) is 1.11. The van der Waals surface area contributed by atoms with Crippen molar-refractivity contribution in [2.24, 2.45) is 4.99 Å². The number of likely N-dealkylation sites (tertiary alicyclic amines) is 1. The second-order valence-corrected chi connectivity index (χ2v) is 6.28. The molecule has 1 aromatic rings. The Hall–Kier alpha value is -1.09. The average molecular weight is 445 g/mol. The monoisotopic (exact) mass is 445 g/mol. The predicted octanol–water partition coefficient (Wildman–Crippen LogP) is 1.83. The number of aliphatic hydroxyl groups excluding tert-OH is 1. The molecule has 0 saturated carbocycles. The Morgan fingerprint density at radius 2 is 2.12 bits per heavy atom. The molecule has 1 aromatic heterocycles. The van der Waals surface area contributed by atoms with E-state index in [1.165, 1.54) is 12.8 Å². The number of anilines is 1. The van der Waals surface area contributed by atoms with E-state index in [2.05, 4.69) is 39.2 Å². The smallest absolute Gasteiger partial charge is 0.194 e. The van der Waals surface area contributed by atoms with Crippen LogP contribution >= 0.6 is 24.0 Å². The maximum absolute atomic E-state index is 9.70. The van der Waals surface area contributed by atoms with Gasteiger partial charge in [-0.25, -0.2) is 9.98 Å². The van der Waals surface area contributed by atoms with Gasteiger partial charge in [0.15, 0.2) is 5.96 Å². The lowest BCUT2D eigenvalue weighted by Crippen LogP contribution is -2.40. The molecule has 0 spiro atoms. The number of pyridine rings is 1. The molecule has 0 radical (unpaired) electrons. The van der Waals surface area contributed by atoms with Crippen LogP contribution in [0.2, 0.25) is 0 Å². The summed E-state index contributed by atoms with van der Waals surface area (Å²) >= 11 is 0. The van der Waals surface area contributed by atoms with Crippen molar-refractivity contribution in [2.75, 3.05) is 37.6 Å². The van der Waals surface area contributed by atoms with Crippen LogP contribution in [0.5, 0.6) is 0 Å². The molecule has 134 valence electrons. The van der Waals surface area contributed by atoms with Crippen molar-refractivity contribution in [3.8, 4) is 0 Å². The number of hydrogen-bond donors (Lipinski definition) is 2. The Balaban J connectivity index is 0.00000208. The highest BCUT2D eigenvalue weighted by molar-refractivity contribution is 14.0. The predicted molar refractivity (Wildman–Crippen MR) is 108 cm³/mol. The number of hydrogen-bond acceptors (Lipinski definition) is 4. The summed E-state index contributed by atoms with van der Waals surface area (Å²) < 4.78 is 0. The molecule has 2 N–H and O–H groups in total. The Morgan fingerprint density at radius 1 is 1.33 bits per heavy atom. The summed E-state index contributed by atoms with van der Waals surface area (Å²) in [7, 11) is 0. The van der Waals surface area contributed by atoms with Gasteiger partial charge in [-0.15, -0.1) is 24.0 Å². The summed E-state index contributed by atoms with van der Waals surface area (Å²) in [5, 5.41) is 13.0. The average Bonchev–Trinajstić information content (AvgIpc) is 3.23. The first-order valence-electron chi connectivity index (χ1n) is 8.67. The van der Waals surface area contributed by atoms with Gasteiger partial charge in [0.05, 0.1) is 12.6 Å². The molecule has 0 amide bonds. The van der Waals surface area contributed by atoms with Gasteiger partial charge >= 0.3 is 0 Å². The number of halogens is 1. The zero-order chi connectivity index (χ0) is 16.1. The number of nitrogens with zero attached hydrogens (tertiary/aromatic N) is 4. The fourth-order valence-corrected chi connectivity index (χ4v) is 3.17. The van der Waals surface area contributed by atoms with E-state index in [-0.39, 0.29) is 30.1 Å². The van der Waals surface area contributed by atoms with Gasteiger partial charge in [-0.2, -0.15) is 0 Å². The Labute approximate surface area is 161 Å². The molecule has 2 aliphatic heterocycles. The molecule has 2 fully saturated rings. The molecule has 0 aliphatic carbocycles. The SMILES string of the molecule is CCNC(=NCc1ccc(N2CCCC2)nc1)N1CC[C@@H](O)C1.I. The van der Waals surface area contributed by atoms with Crippen LogP contribution in [0.4, 0.5) is 5.82 Å². The number of aliphatic imine (C=N–C) groups is 1. The number of aromatic nitrogens is 1. The number of aliphatic hydroxyl groups is 1. The minimum atomic E-state index is -0.236. The lowest BCUT2D eigenvalue weighted by atomic mass is 10.3. The van der Waals surface area contributed by atoms with Crippen LogP contribution in [0.25, 0.3) is 0 Å². The van der Waals surface area contributed by atoms with Gasteiger partial charge in [0.2, 0.25) is 0 Å². The molecule has 3 rings (SSSR count). The third kappa shape index (κ3) is 4.95. The van der Waals surface area contributed by atoms with E-state index in [9.17, 15) is 5.11 Å². The van der Waals surface area contributed by atoms with E-state index in [1.807, 2.05) is 6.20 Å². The highest BCUT2D eigenvalue weighted by Crippen LogP contribution is 2.18. The fourth-order valence-electron chi connectivity index (χ4n) is 3.17. The van der Waals surface area contributed by atoms with Gasteiger partial charge < -0.3 is 20.2 Å². The number of rotatable bonds is 4. The van der Waals surface area contributed by atoms with E-state index >= 15 is 0 Å². The Kier molecular flexibility index (Phi) is 7.54. The minimum Gasteiger partial charge on any atom is -0.391 e. The largest absolute Gasteiger partial charge is 0.391 e. The van der Waals surface area contributed by atoms with Gasteiger partial charge in [-0.3, -0.25) is 0 Å². The second kappa shape index (κ2) is 9.41. The van der Waals surface area contributed by atoms with Crippen molar-refractivity contribution in [3.63, 3.8) is 0 Å². The molecular weight excluding hydrogens is 417 g/mol. The van der Waals surface area contributed by atoms with Crippen molar-refractivity contribution in [3.05, 3.63) is 23.9 Å². The summed E-state index contributed by atoms with van der Waals surface area (Å²) in [6, 6.07) is 4.22. The Morgan fingerprint density at radius 3 is 2.71 bits per heavy atom. The van der Waals surface area contributed by atoms with Crippen LogP contribution in [-0.4, -0.2) is 59.8 Å². The molecule has 0 aromatic carbocycles. The first-order chi connectivity index (χ1) is 11.3. The molecule has 3 heterocycles. The zero-order valence-electron chi connectivity index (χ0n) is 14.3. The zero-order valence-corrected chi connectivity index (χ0v) is 16.6. The van der Waals surface area contributed by atoms with Gasteiger partial charge in [0.1, 0.15) is 5.82 Å². The highest BCUT2D eigenvalue weighted by Gasteiger charge is 2.22. The molecule has 1 atom stereocenters. The van der Waals surface area contributed by atoms with Gasteiger partial charge in [0.25, 0.3) is 0 Å². The summed E-state index contributed by atoms with van der Waals surface area (Å²) in [4.78, 5) is 13.7. The van der Waals surface area contributed by atoms with Crippen molar-refractivity contribution in [1.82, 2.24) is 15.2 Å². The summed E-state index contributed by atoms with van der Waals surface area (Å²) in [6.45, 7) is 7.27. The first-order valence-corrected chi connectivity index (χ1v) is 8.67. The Bertz CT molecular complexity index is 530. The quantitative estimate of drug-likeness (QED) is 0.421. The number of guanidine groups is 1. The van der Waals surface area contributed by atoms with Crippen molar-refractivity contribution in [2.45, 2.75) is 38.8 Å². The number of nitrogens with one attached hydrogen (secondary N) is 1. The maximum Gasteiger partial charge on any atom is 0.194 e. The third-order valence-corrected chi connectivity index (χ3v) is 4.45. The lowest BCUT2D eigenvalue weighted by Gasteiger charge is -2.21. The van der Waals surface area contributed by atoms with Gasteiger partial charge in [-0.05, 0) is 37.8 Å². The summed E-state index contributed by atoms with van der Waals surface area (Å²) in [6.07, 6.45) is 5.04. The molecule has 2 saturated heterocycles. The molecule has 7 heteroatoms. The fraction of sp³-hybridized carbons (Fsp3) is 0.647. The van der Waals surface area contributed by atoms with E-state index in [0.717, 1.165) is 49.9 Å². The third-order valence-electron chi connectivity index (χ3n) is 4.45. The topological polar surface area (TPSA) is 64.0 Å². The van der Waals surface area contributed by atoms with Crippen LogP contribution in [0.1, 0.15) is 31.7 Å². The molecule has 2 aliphatic rings. The normalized spacial score (nSPS) is 21.1. The van der Waals surface area contributed by atoms with Gasteiger partial charge in [0, 0.05) is 38.9 Å². The van der Waals surface area contributed by atoms with Crippen molar-refractivity contribution in [1.29, 1.82) is 0 Å². The van der Waals surface area contributed by atoms with Crippen molar-refractivity contribution < 1.29 is 5.11 Å². The van der Waals surface area contributed by atoms with Crippen LogP contribution in [0, 0.1) is 0 Å². The molecule has 24 heavy (non-hydrogen) atoms. The van der Waals surface area contributed by atoms with Crippen LogP contribution in [0.3, 0.4) is 0 Å². The van der Waals surface area contributed by atoms with E-state index in [4.69, 9.17) is 4.99 Å². The van der Waals surface area contributed by atoms with Crippen LogP contribution < -0.4 is 10.2 Å². The standard InChI is InChI=1S/C17H27N5O.HI/c1-2-18-17(22-10-7-15(23)13-22)20-12-14-5-6-16(19-11-14)21-8-3-4-9-21;/h5-6,11,15,23H,2-4,7-10,12-13H2,1H3,(H,18,20);1H/t15-;/m1./s1. The lowest BCUT2D eigenvalue weighted by molar-refractivity contribution is 0.188. The highest BCUT2D eigenvalue weighted by atomic mass is 127. The van der Waals surface area contributed by atoms with Gasteiger partial charge in [-0.1, -0.05) is 6.07 Å². The molecule has 0 bridgehead atoms. The molecule has 6 nitrogen and oxygen atoms in total. The van der Waals surface area contributed by atoms with Crippen molar-refractivity contribution >= 4 is 35.8 Å².